The van der Waals surface area contributed by atoms with E-state index in [2.05, 4.69) is 10.2 Å². The number of anilines is 1. The molecular formula is C14H19N3O. The summed E-state index contributed by atoms with van der Waals surface area (Å²) >= 11 is 0. The fourth-order valence-corrected chi connectivity index (χ4v) is 2.58. The number of benzene rings is 1. The van der Waals surface area contributed by atoms with E-state index in [0.717, 1.165) is 25.6 Å². The van der Waals surface area contributed by atoms with Gasteiger partial charge in [-0.3, -0.25) is 9.69 Å². The molecule has 2 fully saturated rings. The molecule has 2 aliphatic rings. The summed E-state index contributed by atoms with van der Waals surface area (Å²) in [6, 6.07) is 8.18. The molecule has 1 saturated carbocycles. The van der Waals surface area contributed by atoms with Gasteiger partial charge in [0.1, 0.15) is 0 Å². The fraction of sp³-hybridized carbons (Fsp3) is 0.500. The standard InChI is InChI=1S/C14H19N3O/c15-11-3-1-10(2-4-11)14(18)16-12-7-8-17(9-12)13-5-6-13/h1-4,12-13H,5-9,15H2,(H,16,18). The molecule has 3 rings (SSSR count). The van der Waals surface area contributed by atoms with Gasteiger partial charge >= 0.3 is 0 Å². The zero-order valence-corrected chi connectivity index (χ0v) is 10.4. The second kappa shape index (κ2) is 4.61. The number of carbonyl (C=O) groups is 1. The molecule has 1 unspecified atom stereocenters. The van der Waals surface area contributed by atoms with Gasteiger partial charge < -0.3 is 11.1 Å². The first kappa shape index (κ1) is 11.5. The molecule has 96 valence electrons. The van der Waals surface area contributed by atoms with E-state index in [1.807, 2.05) is 0 Å². The van der Waals surface area contributed by atoms with Crippen LogP contribution < -0.4 is 11.1 Å². The van der Waals surface area contributed by atoms with Gasteiger partial charge in [-0.1, -0.05) is 0 Å². The van der Waals surface area contributed by atoms with Gasteiger partial charge in [0.2, 0.25) is 0 Å². The lowest BCUT2D eigenvalue weighted by Gasteiger charge is -2.15. The van der Waals surface area contributed by atoms with Crippen LogP contribution in [-0.4, -0.2) is 36.0 Å². The van der Waals surface area contributed by atoms with Gasteiger partial charge in [0.25, 0.3) is 5.91 Å². The number of nitrogen functional groups attached to an aromatic ring is 1. The van der Waals surface area contributed by atoms with E-state index in [4.69, 9.17) is 5.73 Å². The minimum atomic E-state index is 0.0117. The molecular weight excluding hydrogens is 226 g/mol. The molecule has 0 spiro atoms. The van der Waals surface area contributed by atoms with Crippen molar-refractivity contribution in [2.24, 2.45) is 0 Å². The van der Waals surface area contributed by atoms with Gasteiger partial charge in [-0.25, -0.2) is 0 Å². The van der Waals surface area contributed by atoms with Crippen molar-refractivity contribution in [2.45, 2.75) is 31.3 Å². The summed E-state index contributed by atoms with van der Waals surface area (Å²) in [4.78, 5) is 14.5. The number of amides is 1. The molecule has 4 nitrogen and oxygen atoms in total. The van der Waals surface area contributed by atoms with E-state index in [-0.39, 0.29) is 5.91 Å². The highest BCUT2D eigenvalue weighted by molar-refractivity contribution is 5.94. The molecule has 1 aromatic rings. The third-order valence-electron chi connectivity index (χ3n) is 3.79. The van der Waals surface area contributed by atoms with E-state index in [1.54, 1.807) is 24.3 Å². The van der Waals surface area contributed by atoms with E-state index < -0.39 is 0 Å². The number of nitrogens with two attached hydrogens (primary N) is 1. The molecule has 1 amide bonds. The van der Waals surface area contributed by atoms with Crippen LogP contribution in [0.5, 0.6) is 0 Å². The van der Waals surface area contributed by atoms with Gasteiger partial charge in [0, 0.05) is 36.4 Å². The second-order valence-corrected chi connectivity index (χ2v) is 5.31. The van der Waals surface area contributed by atoms with Crippen LogP contribution in [0.15, 0.2) is 24.3 Å². The van der Waals surface area contributed by atoms with Crippen molar-refractivity contribution >= 4 is 11.6 Å². The van der Waals surface area contributed by atoms with Gasteiger partial charge in [0.15, 0.2) is 0 Å². The number of nitrogens with zero attached hydrogens (tertiary/aromatic N) is 1. The van der Waals surface area contributed by atoms with E-state index in [9.17, 15) is 4.79 Å². The topological polar surface area (TPSA) is 58.4 Å². The van der Waals surface area contributed by atoms with Crippen LogP contribution in [0.2, 0.25) is 0 Å². The summed E-state index contributed by atoms with van der Waals surface area (Å²) < 4.78 is 0. The lowest BCUT2D eigenvalue weighted by molar-refractivity contribution is 0.0937. The van der Waals surface area contributed by atoms with E-state index in [0.29, 0.717) is 17.3 Å². The largest absolute Gasteiger partial charge is 0.399 e. The maximum atomic E-state index is 12.0. The van der Waals surface area contributed by atoms with Gasteiger partial charge in [-0.15, -0.1) is 0 Å². The first-order chi connectivity index (χ1) is 8.72. The molecule has 0 radical (unpaired) electrons. The summed E-state index contributed by atoms with van der Waals surface area (Å²) in [5.74, 6) is 0.0117. The van der Waals surface area contributed by atoms with Crippen LogP contribution in [0.4, 0.5) is 5.69 Å². The average molecular weight is 245 g/mol. The first-order valence-corrected chi connectivity index (χ1v) is 6.63. The molecule has 18 heavy (non-hydrogen) atoms. The predicted octanol–water partition coefficient (Wildman–Crippen LogP) is 1.24. The van der Waals surface area contributed by atoms with Crippen LogP contribution in [0.25, 0.3) is 0 Å². The predicted molar refractivity (Wildman–Crippen MR) is 71.3 cm³/mol. The molecule has 0 aromatic heterocycles. The minimum Gasteiger partial charge on any atom is -0.399 e. The highest BCUT2D eigenvalue weighted by Gasteiger charge is 2.34. The Balaban J connectivity index is 1.56. The van der Waals surface area contributed by atoms with Crippen LogP contribution in [0.3, 0.4) is 0 Å². The molecule has 1 aliphatic heterocycles. The van der Waals surface area contributed by atoms with Gasteiger partial charge in [0.05, 0.1) is 0 Å². The Morgan fingerprint density at radius 3 is 2.61 bits per heavy atom. The average Bonchev–Trinajstić information content (AvgIpc) is 3.11. The van der Waals surface area contributed by atoms with Crippen LogP contribution in [0.1, 0.15) is 29.6 Å². The fourth-order valence-electron chi connectivity index (χ4n) is 2.58. The smallest absolute Gasteiger partial charge is 0.251 e. The van der Waals surface area contributed by atoms with Crippen LogP contribution in [0, 0.1) is 0 Å². The maximum absolute atomic E-state index is 12.0. The lowest BCUT2D eigenvalue weighted by atomic mass is 10.1. The summed E-state index contributed by atoms with van der Waals surface area (Å²) in [5.41, 5.74) is 6.99. The monoisotopic (exact) mass is 245 g/mol. The Labute approximate surface area is 107 Å². The van der Waals surface area contributed by atoms with Crippen LogP contribution >= 0.6 is 0 Å². The quantitative estimate of drug-likeness (QED) is 0.788. The van der Waals surface area contributed by atoms with Crippen molar-refractivity contribution in [3.05, 3.63) is 29.8 Å². The van der Waals surface area contributed by atoms with Crippen molar-refractivity contribution in [3.8, 4) is 0 Å². The normalized spacial score (nSPS) is 24.1. The number of likely N-dealkylation sites (tertiary alicyclic amines) is 1. The minimum absolute atomic E-state index is 0.0117. The molecule has 1 heterocycles. The Kier molecular flexibility index (Phi) is 2.96. The van der Waals surface area contributed by atoms with Gasteiger partial charge in [-0.05, 0) is 43.5 Å². The van der Waals surface area contributed by atoms with E-state index in [1.165, 1.54) is 12.8 Å². The Bertz CT molecular complexity index is 439. The summed E-state index contributed by atoms with van der Waals surface area (Å²) in [6.45, 7) is 2.13. The highest BCUT2D eigenvalue weighted by Crippen LogP contribution is 2.29. The second-order valence-electron chi connectivity index (χ2n) is 5.31. The molecule has 3 N–H and O–H groups in total. The van der Waals surface area contributed by atoms with Crippen molar-refractivity contribution in [3.63, 3.8) is 0 Å². The molecule has 1 aliphatic carbocycles. The zero-order chi connectivity index (χ0) is 12.5. The maximum Gasteiger partial charge on any atom is 0.251 e. The summed E-state index contributed by atoms with van der Waals surface area (Å²) in [5, 5.41) is 3.11. The molecule has 1 saturated heterocycles. The first-order valence-electron chi connectivity index (χ1n) is 6.63. The Morgan fingerprint density at radius 1 is 1.22 bits per heavy atom. The molecule has 4 heteroatoms. The Hall–Kier alpha value is -1.55. The Morgan fingerprint density at radius 2 is 1.94 bits per heavy atom. The highest BCUT2D eigenvalue weighted by atomic mass is 16.1. The third-order valence-corrected chi connectivity index (χ3v) is 3.79. The third kappa shape index (κ3) is 2.48. The van der Waals surface area contributed by atoms with Crippen molar-refractivity contribution in [1.29, 1.82) is 0 Å². The molecule has 1 atom stereocenters. The number of rotatable bonds is 3. The number of carbonyl (C=O) groups excluding carboxylic acids is 1. The van der Waals surface area contributed by atoms with Gasteiger partial charge in [-0.2, -0.15) is 0 Å². The summed E-state index contributed by atoms with van der Waals surface area (Å²) in [7, 11) is 0. The zero-order valence-electron chi connectivity index (χ0n) is 10.4. The van der Waals surface area contributed by atoms with Crippen molar-refractivity contribution in [1.82, 2.24) is 10.2 Å². The molecule has 1 aromatic carbocycles. The van der Waals surface area contributed by atoms with Crippen LogP contribution in [-0.2, 0) is 0 Å². The number of hydrogen-bond acceptors (Lipinski definition) is 3. The molecule has 0 bridgehead atoms. The lowest BCUT2D eigenvalue weighted by Crippen LogP contribution is -2.37. The number of nitrogens with one attached hydrogen (secondary N) is 1. The van der Waals surface area contributed by atoms with E-state index >= 15 is 0 Å². The number of hydrogen-bond donors (Lipinski definition) is 2. The summed E-state index contributed by atoms with van der Waals surface area (Å²) in [6.07, 6.45) is 3.73. The SMILES string of the molecule is Nc1ccc(C(=O)NC2CCN(C3CC3)C2)cc1. The van der Waals surface area contributed by atoms with Crippen molar-refractivity contribution in [2.75, 3.05) is 18.8 Å². The van der Waals surface area contributed by atoms with Crippen molar-refractivity contribution < 1.29 is 4.79 Å².